The van der Waals surface area contributed by atoms with Gasteiger partial charge in [0.05, 0.1) is 17.4 Å². The van der Waals surface area contributed by atoms with Crippen molar-refractivity contribution in [2.45, 2.75) is 25.3 Å². The topological polar surface area (TPSA) is 44.0 Å². The summed E-state index contributed by atoms with van der Waals surface area (Å²) in [5.74, 6) is 0. The Hall–Kier alpha value is -1.55. The number of nitrogens with zero attached hydrogens (tertiary/aromatic N) is 2. The number of nitrogens with one attached hydrogen (secondary N) is 2. The predicted octanol–water partition coefficient (Wildman–Crippen LogP) is 2.14. The molecule has 2 heterocycles. The summed E-state index contributed by atoms with van der Waals surface area (Å²) in [7, 11) is 2.16. The van der Waals surface area contributed by atoms with Gasteiger partial charge in [0, 0.05) is 25.3 Å². The van der Waals surface area contributed by atoms with E-state index in [0.29, 0.717) is 6.04 Å². The van der Waals surface area contributed by atoms with Gasteiger partial charge in [0.1, 0.15) is 0 Å². The van der Waals surface area contributed by atoms with Crippen LogP contribution in [0.15, 0.2) is 24.5 Å². The molecule has 0 bridgehead atoms. The molecule has 1 aromatic heterocycles. The van der Waals surface area contributed by atoms with E-state index in [0.717, 1.165) is 17.6 Å². The highest BCUT2D eigenvalue weighted by atomic mass is 15.1. The number of H-pyrrole nitrogens is 1. The van der Waals surface area contributed by atoms with E-state index in [9.17, 15) is 0 Å². The number of imidazole rings is 1. The fourth-order valence-corrected chi connectivity index (χ4v) is 2.64. The Morgan fingerprint density at radius 1 is 1.44 bits per heavy atom. The Balaban J connectivity index is 1.65. The highest BCUT2D eigenvalue weighted by molar-refractivity contribution is 5.78. The molecule has 0 radical (unpaired) electrons. The molecule has 4 nitrogen and oxygen atoms in total. The number of hydrogen-bond donors (Lipinski definition) is 2. The second-order valence-electron chi connectivity index (χ2n) is 5.11. The molecular weight excluding hydrogens is 224 g/mol. The van der Waals surface area contributed by atoms with Gasteiger partial charge in [-0.15, -0.1) is 0 Å². The van der Waals surface area contributed by atoms with Gasteiger partial charge in [-0.2, -0.15) is 0 Å². The highest BCUT2D eigenvalue weighted by Gasteiger charge is 2.14. The van der Waals surface area contributed by atoms with Crippen molar-refractivity contribution in [3.05, 3.63) is 24.5 Å². The lowest BCUT2D eigenvalue weighted by molar-refractivity contribution is 0.559. The first-order valence-corrected chi connectivity index (χ1v) is 6.70. The lowest BCUT2D eigenvalue weighted by atomic mass is 10.1. The molecule has 0 aliphatic carbocycles. The summed E-state index contributed by atoms with van der Waals surface area (Å²) in [6.07, 6.45) is 5.62. The van der Waals surface area contributed by atoms with E-state index >= 15 is 0 Å². The molecule has 0 amide bonds. The third-order valence-electron chi connectivity index (χ3n) is 3.82. The zero-order valence-corrected chi connectivity index (χ0v) is 10.8. The molecule has 3 rings (SSSR count). The largest absolute Gasteiger partial charge is 0.374 e. The van der Waals surface area contributed by atoms with Gasteiger partial charge in [-0.1, -0.05) is 0 Å². The molecule has 0 saturated carbocycles. The number of benzene rings is 1. The predicted molar refractivity (Wildman–Crippen MR) is 75.0 cm³/mol. The zero-order valence-electron chi connectivity index (χ0n) is 10.8. The van der Waals surface area contributed by atoms with Gasteiger partial charge in [0.2, 0.25) is 0 Å². The smallest absolute Gasteiger partial charge is 0.0931 e. The van der Waals surface area contributed by atoms with Crippen LogP contribution in [0.2, 0.25) is 0 Å². The summed E-state index contributed by atoms with van der Waals surface area (Å²) in [6, 6.07) is 7.10. The molecule has 1 fully saturated rings. The SMILES string of the molecule is CN(CCC1CCCN1)c1ccc2nc[nH]c2c1. The minimum Gasteiger partial charge on any atom is -0.374 e. The summed E-state index contributed by atoms with van der Waals surface area (Å²) in [6.45, 7) is 2.28. The molecule has 1 aliphatic rings. The van der Waals surface area contributed by atoms with Gasteiger partial charge in [0.15, 0.2) is 0 Å². The van der Waals surface area contributed by atoms with Crippen molar-refractivity contribution < 1.29 is 0 Å². The number of aromatic nitrogens is 2. The normalized spacial score (nSPS) is 19.5. The van der Waals surface area contributed by atoms with Crippen LogP contribution in [0.5, 0.6) is 0 Å². The lowest BCUT2D eigenvalue weighted by Gasteiger charge is -2.21. The van der Waals surface area contributed by atoms with Crippen molar-refractivity contribution >= 4 is 16.7 Å². The van der Waals surface area contributed by atoms with E-state index < -0.39 is 0 Å². The van der Waals surface area contributed by atoms with Crippen LogP contribution in [0.25, 0.3) is 11.0 Å². The summed E-state index contributed by atoms with van der Waals surface area (Å²) in [4.78, 5) is 9.73. The van der Waals surface area contributed by atoms with Gasteiger partial charge in [0.25, 0.3) is 0 Å². The minimum absolute atomic E-state index is 0.711. The van der Waals surface area contributed by atoms with Crippen molar-refractivity contribution in [1.29, 1.82) is 0 Å². The second kappa shape index (κ2) is 4.98. The maximum Gasteiger partial charge on any atom is 0.0931 e. The van der Waals surface area contributed by atoms with Crippen molar-refractivity contribution in [2.75, 3.05) is 25.0 Å². The zero-order chi connectivity index (χ0) is 12.4. The van der Waals surface area contributed by atoms with Crippen molar-refractivity contribution in [2.24, 2.45) is 0 Å². The van der Waals surface area contributed by atoms with Crippen molar-refractivity contribution in [3.63, 3.8) is 0 Å². The number of anilines is 1. The number of fused-ring (bicyclic) bond motifs is 1. The van der Waals surface area contributed by atoms with Crippen LogP contribution in [0.4, 0.5) is 5.69 Å². The molecule has 1 saturated heterocycles. The van der Waals surface area contributed by atoms with Crippen molar-refractivity contribution in [1.82, 2.24) is 15.3 Å². The van der Waals surface area contributed by atoms with Crippen LogP contribution >= 0.6 is 0 Å². The lowest BCUT2D eigenvalue weighted by Crippen LogP contribution is -2.28. The monoisotopic (exact) mass is 244 g/mol. The van der Waals surface area contributed by atoms with Crippen LogP contribution in [-0.4, -0.2) is 36.1 Å². The Morgan fingerprint density at radius 2 is 2.39 bits per heavy atom. The number of aromatic amines is 1. The van der Waals surface area contributed by atoms with E-state index in [2.05, 4.69) is 45.4 Å². The maximum atomic E-state index is 4.24. The quantitative estimate of drug-likeness (QED) is 0.866. The number of hydrogen-bond acceptors (Lipinski definition) is 3. The maximum absolute atomic E-state index is 4.24. The molecule has 1 aliphatic heterocycles. The van der Waals surface area contributed by atoms with Crippen molar-refractivity contribution in [3.8, 4) is 0 Å². The van der Waals surface area contributed by atoms with Gasteiger partial charge >= 0.3 is 0 Å². The number of rotatable bonds is 4. The summed E-state index contributed by atoms with van der Waals surface area (Å²) in [5, 5.41) is 3.55. The molecule has 1 atom stereocenters. The molecule has 96 valence electrons. The van der Waals surface area contributed by atoms with Gasteiger partial charge in [-0.25, -0.2) is 4.98 Å². The Kier molecular flexibility index (Phi) is 3.19. The van der Waals surface area contributed by atoms with E-state index in [4.69, 9.17) is 0 Å². The van der Waals surface area contributed by atoms with E-state index in [1.165, 1.54) is 31.5 Å². The molecule has 2 N–H and O–H groups in total. The molecule has 2 aromatic rings. The van der Waals surface area contributed by atoms with E-state index in [1.807, 2.05) is 0 Å². The molecule has 0 spiro atoms. The fourth-order valence-electron chi connectivity index (χ4n) is 2.64. The van der Waals surface area contributed by atoms with Crippen LogP contribution < -0.4 is 10.2 Å². The fraction of sp³-hybridized carbons (Fsp3) is 0.500. The first-order valence-electron chi connectivity index (χ1n) is 6.70. The first-order chi connectivity index (χ1) is 8.83. The molecule has 4 heteroatoms. The van der Waals surface area contributed by atoms with Gasteiger partial charge < -0.3 is 15.2 Å². The standard InChI is InChI=1S/C14H20N4/c1-18(8-6-11-3-2-7-15-11)12-4-5-13-14(9-12)17-10-16-13/h4-5,9-11,15H,2-3,6-8H2,1H3,(H,16,17). The van der Waals surface area contributed by atoms with Crippen LogP contribution in [-0.2, 0) is 0 Å². The van der Waals surface area contributed by atoms with Crippen LogP contribution in [0.1, 0.15) is 19.3 Å². The third kappa shape index (κ3) is 2.34. The first kappa shape index (κ1) is 11.5. The van der Waals surface area contributed by atoms with E-state index in [1.54, 1.807) is 6.33 Å². The Bertz CT molecular complexity index is 513. The molecule has 1 aromatic carbocycles. The highest BCUT2D eigenvalue weighted by Crippen LogP contribution is 2.19. The second-order valence-corrected chi connectivity index (χ2v) is 5.11. The molecular formula is C14H20N4. The van der Waals surface area contributed by atoms with E-state index in [-0.39, 0.29) is 0 Å². The summed E-state index contributed by atoms with van der Waals surface area (Å²) < 4.78 is 0. The molecule has 18 heavy (non-hydrogen) atoms. The summed E-state index contributed by atoms with van der Waals surface area (Å²) in [5.41, 5.74) is 3.40. The Morgan fingerprint density at radius 3 is 3.22 bits per heavy atom. The minimum atomic E-state index is 0.711. The average molecular weight is 244 g/mol. The molecule has 1 unspecified atom stereocenters. The van der Waals surface area contributed by atoms with Crippen LogP contribution in [0.3, 0.4) is 0 Å². The summed E-state index contributed by atoms with van der Waals surface area (Å²) >= 11 is 0. The Labute approximate surface area is 107 Å². The van der Waals surface area contributed by atoms with Gasteiger partial charge in [-0.3, -0.25) is 0 Å². The average Bonchev–Trinajstić information content (AvgIpc) is 3.05. The van der Waals surface area contributed by atoms with Crippen LogP contribution in [0, 0.1) is 0 Å². The van der Waals surface area contributed by atoms with Gasteiger partial charge in [-0.05, 0) is 44.0 Å². The third-order valence-corrected chi connectivity index (χ3v) is 3.82.